The van der Waals surface area contributed by atoms with Gasteiger partial charge in [-0.1, -0.05) is 12.1 Å². The third-order valence-electron chi connectivity index (χ3n) is 2.34. The molecule has 1 atom stereocenters. The molecule has 0 aromatic heterocycles. The van der Waals surface area contributed by atoms with Gasteiger partial charge < -0.3 is 10.2 Å². The first-order valence-electron chi connectivity index (χ1n) is 4.74. The molecular weight excluding hydrogens is 251 g/mol. The molecule has 0 heterocycles. The number of carboxylic acids is 1. The highest BCUT2D eigenvalue weighted by molar-refractivity contribution is 6.38. The molecule has 3 nitrogen and oxygen atoms in total. The van der Waals surface area contributed by atoms with Crippen LogP contribution in [0.2, 0.25) is 0 Å². The van der Waals surface area contributed by atoms with Crippen LogP contribution in [0.1, 0.15) is 12.0 Å². The Hall–Kier alpha value is -0.930. The lowest BCUT2D eigenvalue weighted by molar-refractivity contribution is -0.139. The lowest BCUT2D eigenvalue weighted by Crippen LogP contribution is -2.34. The minimum atomic E-state index is -1.42. The van der Waals surface area contributed by atoms with Crippen LogP contribution in [0, 0.1) is 0 Å². The van der Waals surface area contributed by atoms with Crippen LogP contribution < -0.4 is 0 Å². The van der Waals surface area contributed by atoms with Gasteiger partial charge in [-0.2, -0.15) is 0 Å². The molecule has 1 unspecified atom stereocenters. The molecule has 88 valence electrons. The van der Waals surface area contributed by atoms with Crippen molar-refractivity contribution in [3.8, 4) is 5.75 Å². The van der Waals surface area contributed by atoms with E-state index in [0.29, 0.717) is 6.42 Å². The summed E-state index contributed by atoms with van der Waals surface area (Å²) in [6.07, 6.45) is 0.751. The average molecular weight is 263 g/mol. The smallest absolute Gasteiger partial charge is 0.326 e. The number of alkyl halides is 2. The topological polar surface area (TPSA) is 57.5 Å². The monoisotopic (exact) mass is 262 g/mol. The van der Waals surface area contributed by atoms with Gasteiger partial charge in [0.2, 0.25) is 0 Å². The van der Waals surface area contributed by atoms with Crippen molar-refractivity contribution in [3.63, 3.8) is 0 Å². The Bertz CT molecular complexity index is 364. The minimum Gasteiger partial charge on any atom is -0.508 e. The predicted octanol–water partition coefficient (Wildman–Crippen LogP) is 2.63. The summed E-state index contributed by atoms with van der Waals surface area (Å²) in [5.74, 6) is -1.07. The molecule has 0 saturated heterocycles. The van der Waals surface area contributed by atoms with Crippen LogP contribution in [0.15, 0.2) is 24.3 Å². The molecule has 1 rings (SSSR count). The SMILES string of the molecule is O=C(O)C(Cl)(CCl)CCc1ccc(O)cc1. The van der Waals surface area contributed by atoms with Crippen LogP contribution in [0.25, 0.3) is 0 Å². The third kappa shape index (κ3) is 3.29. The summed E-state index contributed by atoms with van der Waals surface area (Å²) in [4.78, 5) is 9.45. The second-order valence-corrected chi connectivity index (χ2v) is 4.56. The van der Waals surface area contributed by atoms with Crippen LogP contribution >= 0.6 is 23.2 Å². The summed E-state index contributed by atoms with van der Waals surface area (Å²) in [5.41, 5.74) is 0.911. The summed E-state index contributed by atoms with van der Waals surface area (Å²) in [5, 5.41) is 18.0. The minimum absolute atomic E-state index is 0.137. The molecule has 0 radical (unpaired) electrons. The lowest BCUT2D eigenvalue weighted by Gasteiger charge is -2.18. The number of aliphatic carboxylic acids is 1. The van der Waals surface area contributed by atoms with E-state index in [0.717, 1.165) is 5.56 Å². The van der Waals surface area contributed by atoms with Crippen molar-refractivity contribution >= 4 is 29.2 Å². The molecule has 0 aliphatic rings. The van der Waals surface area contributed by atoms with Gasteiger partial charge in [-0.15, -0.1) is 23.2 Å². The van der Waals surface area contributed by atoms with E-state index < -0.39 is 10.8 Å². The molecule has 0 aliphatic heterocycles. The molecule has 0 saturated carbocycles. The second kappa shape index (κ2) is 5.41. The summed E-state index contributed by atoms with van der Waals surface area (Å²) in [7, 11) is 0. The van der Waals surface area contributed by atoms with E-state index in [2.05, 4.69) is 0 Å². The Morgan fingerprint density at radius 2 is 1.88 bits per heavy atom. The largest absolute Gasteiger partial charge is 0.508 e. The first-order valence-corrected chi connectivity index (χ1v) is 5.65. The molecule has 0 amide bonds. The van der Waals surface area contributed by atoms with Gasteiger partial charge in [0, 0.05) is 0 Å². The highest BCUT2D eigenvalue weighted by Gasteiger charge is 2.34. The standard InChI is InChI=1S/C11H12Cl2O3/c12-7-11(13,10(15)16)6-5-8-1-3-9(14)4-2-8/h1-4,14H,5-7H2,(H,15,16). The Morgan fingerprint density at radius 3 is 2.31 bits per heavy atom. The number of halogens is 2. The van der Waals surface area contributed by atoms with Crippen molar-refractivity contribution in [2.75, 3.05) is 5.88 Å². The molecule has 5 heteroatoms. The lowest BCUT2D eigenvalue weighted by atomic mass is 10.0. The van der Waals surface area contributed by atoms with E-state index in [4.69, 9.17) is 33.4 Å². The van der Waals surface area contributed by atoms with Crippen molar-refractivity contribution in [2.24, 2.45) is 0 Å². The fourth-order valence-corrected chi connectivity index (χ4v) is 1.58. The van der Waals surface area contributed by atoms with Gasteiger partial charge in [-0.3, -0.25) is 4.79 Å². The van der Waals surface area contributed by atoms with Crippen molar-refractivity contribution in [1.29, 1.82) is 0 Å². The van der Waals surface area contributed by atoms with Gasteiger partial charge >= 0.3 is 5.97 Å². The number of aryl methyl sites for hydroxylation is 1. The van der Waals surface area contributed by atoms with E-state index in [-0.39, 0.29) is 18.1 Å². The average Bonchev–Trinajstić information content (AvgIpc) is 2.27. The number of phenols is 1. The van der Waals surface area contributed by atoms with Gasteiger partial charge in [0.15, 0.2) is 4.87 Å². The van der Waals surface area contributed by atoms with Crippen molar-refractivity contribution in [1.82, 2.24) is 0 Å². The van der Waals surface area contributed by atoms with E-state index >= 15 is 0 Å². The fourth-order valence-electron chi connectivity index (χ4n) is 1.24. The summed E-state index contributed by atoms with van der Waals surface area (Å²) in [6, 6.07) is 6.55. The molecule has 0 bridgehead atoms. The van der Waals surface area contributed by atoms with Crippen LogP contribution in [0.5, 0.6) is 5.75 Å². The summed E-state index contributed by atoms with van der Waals surface area (Å²) < 4.78 is 0. The normalized spacial score (nSPS) is 14.4. The van der Waals surface area contributed by atoms with E-state index in [1.165, 1.54) is 0 Å². The van der Waals surface area contributed by atoms with Crippen LogP contribution in [-0.2, 0) is 11.2 Å². The number of hydrogen-bond acceptors (Lipinski definition) is 2. The summed E-state index contributed by atoms with van der Waals surface area (Å²) in [6.45, 7) is 0. The van der Waals surface area contributed by atoms with Crippen molar-refractivity contribution in [2.45, 2.75) is 17.7 Å². The van der Waals surface area contributed by atoms with Gasteiger partial charge in [0.05, 0.1) is 5.88 Å². The Morgan fingerprint density at radius 1 is 1.31 bits per heavy atom. The maximum atomic E-state index is 10.9. The number of phenolic OH excluding ortho intramolecular Hbond substituents is 1. The quantitative estimate of drug-likeness (QED) is 0.803. The van der Waals surface area contributed by atoms with Crippen LogP contribution in [0.3, 0.4) is 0 Å². The van der Waals surface area contributed by atoms with E-state index in [1.54, 1.807) is 24.3 Å². The second-order valence-electron chi connectivity index (χ2n) is 3.57. The number of carbonyl (C=O) groups is 1. The zero-order chi connectivity index (χ0) is 12.2. The van der Waals surface area contributed by atoms with Crippen molar-refractivity contribution < 1.29 is 15.0 Å². The molecule has 1 aromatic rings. The third-order valence-corrected chi connectivity index (χ3v) is 3.42. The van der Waals surface area contributed by atoms with E-state index in [1.807, 2.05) is 0 Å². The van der Waals surface area contributed by atoms with Gasteiger partial charge in [0.1, 0.15) is 5.75 Å². The fraction of sp³-hybridized carbons (Fsp3) is 0.364. The number of aromatic hydroxyl groups is 1. The molecule has 0 fully saturated rings. The molecule has 16 heavy (non-hydrogen) atoms. The number of hydrogen-bond donors (Lipinski definition) is 2. The Kier molecular flexibility index (Phi) is 4.44. The Balaban J connectivity index is 2.63. The maximum absolute atomic E-state index is 10.9. The van der Waals surface area contributed by atoms with Gasteiger partial charge in [-0.05, 0) is 30.5 Å². The van der Waals surface area contributed by atoms with E-state index in [9.17, 15) is 4.79 Å². The number of benzene rings is 1. The first-order chi connectivity index (χ1) is 7.48. The summed E-state index contributed by atoms with van der Waals surface area (Å²) >= 11 is 11.4. The predicted molar refractivity (Wildman–Crippen MR) is 63.4 cm³/mol. The Labute approximate surface area is 104 Å². The van der Waals surface area contributed by atoms with Gasteiger partial charge in [-0.25, -0.2) is 0 Å². The zero-order valence-corrected chi connectivity index (χ0v) is 10.0. The molecule has 1 aromatic carbocycles. The zero-order valence-electron chi connectivity index (χ0n) is 8.49. The van der Waals surface area contributed by atoms with Crippen molar-refractivity contribution in [3.05, 3.63) is 29.8 Å². The molecule has 2 N–H and O–H groups in total. The number of carboxylic acid groups (broad SMARTS) is 1. The highest BCUT2D eigenvalue weighted by Crippen LogP contribution is 2.25. The molecule has 0 spiro atoms. The maximum Gasteiger partial charge on any atom is 0.326 e. The van der Waals surface area contributed by atoms with Crippen LogP contribution in [-0.4, -0.2) is 26.9 Å². The highest BCUT2D eigenvalue weighted by atomic mass is 35.5. The molecule has 0 aliphatic carbocycles. The van der Waals surface area contributed by atoms with Crippen LogP contribution in [0.4, 0.5) is 0 Å². The number of rotatable bonds is 5. The first kappa shape index (κ1) is 13.1. The molecular formula is C11H12Cl2O3. The van der Waals surface area contributed by atoms with Gasteiger partial charge in [0.25, 0.3) is 0 Å².